The monoisotopic (exact) mass is 448 g/mol. The topological polar surface area (TPSA) is 49.4 Å². The Morgan fingerprint density at radius 1 is 1.14 bits per heavy atom. The van der Waals surface area contributed by atoms with Crippen molar-refractivity contribution in [3.63, 3.8) is 0 Å². The highest BCUT2D eigenvalue weighted by atomic mass is 35.5. The molecule has 1 saturated heterocycles. The van der Waals surface area contributed by atoms with Gasteiger partial charge < -0.3 is 0 Å². The zero-order chi connectivity index (χ0) is 20.3. The predicted molar refractivity (Wildman–Crippen MR) is 119 cm³/mol. The second-order valence-corrected chi connectivity index (χ2v) is 8.38. The summed E-state index contributed by atoms with van der Waals surface area (Å²) in [5.41, 5.74) is 4.70. The van der Waals surface area contributed by atoms with Gasteiger partial charge in [0.1, 0.15) is 0 Å². The maximum Gasteiger partial charge on any atom is 0.285 e. The van der Waals surface area contributed by atoms with Gasteiger partial charge in [-0.2, -0.15) is 5.01 Å². The number of thioether (sulfide) groups is 1. The number of carbonyl (C=O) groups excluding carboxylic acids is 2. The van der Waals surface area contributed by atoms with Crippen LogP contribution in [0.15, 0.2) is 65.1 Å². The second-order valence-electron chi connectivity index (χ2n) is 5.89. The first-order valence-electron chi connectivity index (χ1n) is 8.12. The number of carbonyl (C=O) groups is 2. The van der Waals surface area contributed by atoms with Crippen molar-refractivity contribution >= 4 is 69.4 Å². The fraction of sp³-hybridized carbons (Fsp3) is 0.0500. The molecule has 8 heteroatoms. The quantitative estimate of drug-likeness (QED) is 0.496. The molecule has 4 nitrogen and oxygen atoms in total. The number of thiocarbonyl (C=S) groups is 1. The summed E-state index contributed by atoms with van der Waals surface area (Å²) >= 11 is 18.2. The van der Waals surface area contributed by atoms with E-state index >= 15 is 0 Å². The number of nitrogens with one attached hydrogen (secondary N) is 1. The van der Waals surface area contributed by atoms with Crippen LogP contribution in [0.5, 0.6) is 0 Å². The minimum absolute atomic E-state index is 0.247. The molecule has 1 aliphatic rings. The molecule has 0 atom stereocenters. The Labute approximate surface area is 182 Å². The van der Waals surface area contributed by atoms with Crippen LogP contribution < -0.4 is 5.43 Å². The number of hydrazine groups is 1. The average molecular weight is 449 g/mol. The molecule has 1 aliphatic heterocycles. The number of amides is 2. The van der Waals surface area contributed by atoms with Crippen molar-refractivity contribution in [2.45, 2.75) is 6.92 Å². The van der Waals surface area contributed by atoms with Crippen LogP contribution in [0.3, 0.4) is 0 Å². The van der Waals surface area contributed by atoms with Gasteiger partial charge in [0.05, 0.1) is 15.0 Å². The van der Waals surface area contributed by atoms with Crippen LogP contribution >= 0.6 is 47.2 Å². The standard InChI is InChI=1S/C20H14Cl2N2O2S2/c1-12(9-13-5-3-2-4-6-13)10-17-19(26)24(20(27)28-17)23-18(25)14-7-8-15(21)16(22)11-14/h2-11H,1H3,(H,23,25). The minimum Gasteiger partial charge on any atom is -0.267 e. The number of halogens is 2. The smallest absolute Gasteiger partial charge is 0.267 e. The highest BCUT2D eigenvalue weighted by Gasteiger charge is 2.33. The zero-order valence-electron chi connectivity index (χ0n) is 14.6. The Morgan fingerprint density at radius 2 is 1.86 bits per heavy atom. The molecule has 142 valence electrons. The van der Waals surface area contributed by atoms with E-state index in [9.17, 15) is 9.59 Å². The molecule has 0 radical (unpaired) electrons. The number of benzene rings is 2. The van der Waals surface area contributed by atoms with Gasteiger partial charge in [-0.15, -0.1) is 0 Å². The number of hydrogen-bond donors (Lipinski definition) is 1. The number of allylic oxidation sites excluding steroid dienone is 2. The van der Waals surface area contributed by atoms with Crippen LogP contribution in [0.25, 0.3) is 6.08 Å². The van der Waals surface area contributed by atoms with Gasteiger partial charge in [-0.1, -0.05) is 71.4 Å². The summed E-state index contributed by atoms with van der Waals surface area (Å²) in [6.45, 7) is 1.90. The number of rotatable bonds is 4. The Morgan fingerprint density at radius 3 is 2.54 bits per heavy atom. The summed E-state index contributed by atoms with van der Waals surface area (Å²) in [4.78, 5) is 25.5. The Kier molecular flexibility index (Phi) is 6.57. The van der Waals surface area contributed by atoms with Crippen LogP contribution in [0.1, 0.15) is 22.8 Å². The lowest BCUT2D eigenvalue weighted by atomic mass is 10.1. The molecule has 1 N–H and O–H groups in total. The first-order valence-corrected chi connectivity index (χ1v) is 10.1. The van der Waals surface area contributed by atoms with Crippen LogP contribution in [0, 0.1) is 0 Å². The van der Waals surface area contributed by atoms with Gasteiger partial charge in [0.15, 0.2) is 4.32 Å². The second kappa shape index (κ2) is 8.92. The van der Waals surface area contributed by atoms with Gasteiger partial charge in [-0.25, -0.2) is 0 Å². The van der Waals surface area contributed by atoms with Crippen LogP contribution in [0.2, 0.25) is 10.0 Å². The Bertz CT molecular complexity index is 1020. The molecule has 0 unspecified atom stereocenters. The summed E-state index contributed by atoms with van der Waals surface area (Å²) < 4.78 is 0.247. The molecule has 0 aliphatic carbocycles. The van der Waals surface area contributed by atoms with E-state index in [-0.39, 0.29) is 20.8 Å². The van der Waals surface area contributed by atoms with Crippen molar-refractivity contribution < 1.29 is 9.59 Å². The first kappa shape index (κ1) is 20.6. The van der Waals surface area contributed by atoms with Crippen LogP contribution in [0.4, 0.5) is 0 Å². The van der Waals surface area contributed by atoms with Crippen molar-refractivity contribution in [3.05, 3.63) is 86.3 Å². The van der Waals surface area contributed by atoms with E-state index < -0.39 is 5.91 Å². The summed E-state index contributed by atoms with van der Waals surface area (Å²) in [7, 11) is 0. The fourth-order valence-corrected chi connectivity index (χ4v) is 3.96. The number of hydrogen-bond acceptors (Lipinski definition) is 4. The van der Waals surface area contributed by atoms with Crippen molar-refractivity contribution in [3.8, 4) is 0 Å². The van der Waals surface area contributed by atoms with E-state index in [2.05, 4.69) is 5.43 Å². The lowest BCUT2D eigenvalue weighted by Gasteiger charge is -2.15. The summed E-state index contributed by atoms with van der Waals surface area (Å²) in [6, 6.07) is 14.2. The molecule has 0 aromatic heterocycles. The lowest BCUT2D eigenvalue weighted by molar-refractivity contribution is -0.123. The number of nitrogens with zero attached hydrogens (tertiary/aromatic N) is 1. The Hall–Kier alpha value is -2.12. The van der Waals surface area contributed by atoms with Gasteiger partial charge in [-0.3, -0.25) is 15.0 Å². The summed E-state index contributed by atoms with van der Waals surface area (Å²) in [5.74, 6) is -0.892. The largest absolute Gasteiger partial charge is 0.285 e. The van der Waals surface area contributed by atoms with Crippen LogP contribution in [-0.2, 0) is 4.79 Å². The van der Waals surface area contributed by atoms with E-state index in [0.717, 1.165) is 27.9 Å². The third-order valence-electron chi connectivity index (χ3n) is 3.74. The van der Waals surface area contributed by atoms with Gasteiger partial charge in [0, 0.05) is 5.56 Å². The Balaban J connectivity index is 1.75. The van der Waals surface area contributed by atoms with Crippen molar-refractivity contribution in [1.29, 1.82) is 0 Å². The normalized spacial score (nSPS) is 16.0. The lowest BCUT2D eigenvalue weighted by Crippen LogP contribution is -2.44. The maximum absolute atomic E-state index is 12.7. The van der Waals surface area contributed by atoms with E-state index in [1.54, 1.807) is 6.08 Å². The van der Waals surface area contributed by atoms with Crippen LogP contribution in [-0.4, -0.2) is 21.1 Å². The maximum atomic E-state index is 12.7. The van der Waals surface area contributed by atoms with Crippen molar-refractivity contribution in [2.75, 3.05) is 0 Å². The van der Waals surface area contributed by atoms with E-state index in [1.807, 2.05) is 43.3 Å². The molecule has 2 aromatic rings. The molecular formula is C20H14Cl2N2O2S2. The summed E-state index contributed by atoms with van der Waals surface area (Å²) in [6.07, 6.45) is 3.71. The SMILES string of the molecule is CC(=Cc1ccccc1)C=C1SC(=S)N(NC(=O)c2ccc(Cl)c(Cl)c2)C1=O. The molecule has 3 rings (SSSR count). The molecule has 1 fully saturated rings. The molecule has 2 aromatic carbocycles. The zero-order valence-corrected chi connectivity index (χ0v) is 17.8. The minimum atomic E-state index is -0.507. The third-order valence-corrected chi connectivity index (χ3v) is 5.78. The molecular weight excluding hydrogens is 435 g/mol. The molecule has 0 saturated carbocycles. The first-order chi connectivity index (χ1) is 13.3. The molecule has 0 spiro atoms. The van der Waals surface area contributed by atoms with Crippen molar-refractivity contribution in [1.82, 2.24) is 10.4 Å². The van der Waals surface area contributed by atoms with E-state index in [0.29, 0.717) is 9.93 Å². The molecule has 28 heavy (non-hydrogen) atoms. The van der Waals surface area contributed by atoms with Gasteiger partial charge in [-0.05, 0) is 54.6 Å². The van der Waals surface area contributed by atoms with Gasteiger partial charge in [0.25, 0.3) is 11.8 Å². The van der Waals surface area contributed by atoms with E-state index in [4.69, 9.17) is 35.4 Å². The molecule has 2 amide bonds. The fourth-order valence-electron chi connectivity index (χ4n) is 2.43. The van der Waals surface area contributed by atoms with Gasteiger partial charge >= 0.3 is 0 Å². The van der Waals surface area contributed by atoms with Gasteiger partial charge in [0.2, 0.25) is 0 Å². The highest BCUT2D eigenvalue weighted by Crippen LogP contribution is 2.31. The predicted octanol–water partition coefficient (Wildman–Crippen LogP) is 5.49. The molecule has 1 heterocycles. The molecule has 0 bridgehead atoms. The highest BCUT2D eigenvalue weighted by molar-refractivity contribution is 8.26. The summed E-state index contributed by atoms with van der Waals surface area (Å²) in [5, 5.41) is 1.65. The van der Waals surface area contributed by atoms with Crippen molar-refractivity contribution in [2.24, 2.45) is 0 Å². The average Bonchev–Trinajstić information content (AvgIpc) is 2.92. The van der Waals surface area contributed by atoms with E-state index in [1.165, 1.54) is 18.2 Å². The third kappa shape index (κ3) is 4.83.